The first-order valence-electron chi connectivity index (χ1n) is 10.0. The lowest BCUT2D eigenvalue weighted by Crippen LogP contribution is -2.54. The van der Waals surface area contributed by atoms with Crippen LogP contribution in [0.3, 0.4) is 0 Å². The van der Waals surface area contributed by atoms with Crippen LogP contribution >= 0.6 is 0 Å². The van der Waals surface area contributed by atoms with E-state index >= 15 is 0 Å². The van der Waals surface area contributed by atoms with Crippen molar-refractivity contribution >= 4 is 16.9 Å². The van der Waals surface area contributed by atoms with E-state index in [0.717, 1.165) is 55.1 Å². The number of ether oxygens (including phenoxy) is 1. The third-order valence-electron chi connectivity index (χ3n) is 5.61. The molecular formula is C23H28N4O. The Balaban J connectivity index is 1.53. The third-order valence-corrected chi connectivity index (χ3v) is 5.61. The number of para-hydroxylation sites is 2. The Labute approximate surface area is 166 Å². The zero-order valence-electron chi connectivity index (χ0n) is 16.6. The number of rotatable bonds is 6. The van der Waals surface area contributed by atoms with E-state index in [1.807, 2.05) is 31.2 Å². The van der Waals surface area contributed by atoms with Crippen molar-refractivity contribution in [3.05, 3.63) is 65.9 Å². The average molecular weight is 377 g/mol. The number of hydrogen-bond acceptors (Lipinski definition) is 5. The highest BCUT2D eigenvalue weighted by molar-refractivity contribution is 5.76. The van der Waals surface area contributed by atoms with E-state index in [-0.39, 0.29) is 11.6 Å². The topological polar surface area (TPSA) is 59.1 Å². The minimum absolute atomic E-state index is 0.0345. The second-order valence-electron chi connectivity index (χ2n) is 7.67. The van der Waals surface area contributed by atoms with E-state index in [1.165, 1.54) is 5.56 Å². The van der Waals surface area contributed by atoms with Crippen LogP contribution in [0.15, 0.2) is 54.6 Å². The van der Waals surface area contributed by atoms with Crippen LogP contribution in [-0.4, -0.2) is 35.3 Å². The summed E-state index contributed by atoms with van der Waals surface area (Å²) in [4.78, 5) is 9.50. The molecule has 4 rings (SSSR count). The Morgan fingerprint density at radius 2 is 1.61 bits per heavy atom. The monoisotopic (exact) mass is 376 g/mol. The van der Waals surface area contributed by atoms with Crippen molar-refractivity contribution in [2.45, 2.75) is 38.3 Å². The summed E-state index contributed by atoms with van der Waals surface area (Å²) in [6.07, 6.45) is 1.94. The highest BCUT2D eigenvalue weighted by Crippen LogP contribution is 2.26. The van der Waals surface area contributed by atoms with Crippen molar-refractivity contribution in [1.82, 2.24) is 15.3 Å². The zero-order chi connectivity index (χ0) is 19.4. The fourth-order valence-electron chi connectivity index (χ4n) is 3.93. The molecule has 1 aromatic heterocycles. The maximum Gasteiger partial charge on any atom is 0.148 e. The molecule has 28 heavy (non-hydrogen) atoms. The molecule has 1 atom stereocenters. The van der Waals surface area contributed by atoms with Crippen LogP contribution in [0.2, 0.25) is 0 Å². The number of aryl methyl sites for hydroxylation is 1. The molecule has 5 nitrogen and oxygen atoms in total. The average Bonchev–Trinajstić information content (AvgIpc) is 2.73. The largest absolute Gasteiger partial charge is 0.381 e. The molecule has 1 fully saturated rings. The van der Waals surface area contributed by atoms with Gasteiger partial charge in [-0.05, 0) is 44.4 Å². The number of aromatic nitrogens is 2. The van der Waals surface area contributed by atoms with Gasteiger partial charge in [-0.1, -0.05) is 42.5 Å². The van der Waals surface area contributed by atoms with E-state index in [2.05, 4.69) is 47.9 Å². The van der Waals surface area contributed by atoms with Crippen molar-refractivity contribution in [3.63, 3.8) is 0 Å². The van der Waals surface area contributed by atoms with Gasteiger partial charge in [0, 0.05) is 31.3 Å². The lowest BCUT2D eigenvalue weighted by atomic mass is 9.88. The van der Waals surface area contributed by atoms with Crippen molar-refractivity contribution in [2.75, 3.05) is 25.1 Å². The summed E-state index contributed by atoms with van der Waals surface area (Å²) >= 11 is 0. The second-order valence-corrected chi connectivity index (χ2v) is 7.67. The summed E-state index contributed by atoms with van der Waals surface area (Å²) in [6.45, 7) is 6.59. The number of fused-ring (bicyclic) bond motifs is 1. The van der Waals surface area contributed by atoms with Crippen LogP contribution in [0.5, 0.6) is 0 Å². The van der Waals surface area contributed by atoms with Crippen molar-refractivity contribution < 1.29 is 4.74 Å². The Hall–Kier alpha value is -2.50. The fourth-order valence-corrected chi connectivity index (χ4v) is 3.93. The summed E-state index contributed by atoms with van der Waals surface area (Å²) in [5.41, 5.74) is 4.05. The Bertz CT molecular complexity index is 922. The number of nitrogens with one attached hydrogen (secondary N) is 2. The normalized spacial score (nSPS) is 17.4. The van der Waals surface area contributed by atoms with Gasteiger partial charge in [-0.2, -0.15) is 0 Å². The van der Waals surface area contributed by atoms with Gasteiger partial charge in [0.1, 0.15) is 5.82 Å². The van der Waals surface area contributed by atoms with E-state index < -0.39 is 0 Å². The first-order valence-corrected chi connectivity index (χ1v) is 10.0. The summed E-state index contributed by atoms with van der Waals surface area (Å²) in [5, 5.41) is 7.47. The van der Waals surface area contributed by atoms with Crippen molar-refractivity contribution in [1.29, 1.82) is 0 Å². The zero-order valence-corrected chi connectivity index (χ0v) is 16.6. The molecule has 1 aliphatic rings. The Kier molecular flexibility index (Phi) is 5.55. The fraction of sp³-hybridized carbons (Fsp3) is 0.391. The second kappa shape index (κ2) is 8.25. The van der Waals surface area contributed by atoms with Gasteiger partial charge in [0.15, 0.2) is 0 Å². The van der Waals surface area contributed by atoms with Crippen LogP contribution in [-0.2, 0) is 4.74 Å². The molecule has 5 heteroatoms. The van der Waals surface area contributed by atoms with Crippen LogP contribution in [0, 0.1) is 6.92 Å². The molecule has 0 saturated carbocycles. The Morgan fingerprint density at radius 3 is 2.32 bits per heavy atom. The van der Waals surface area contributed by atoms with Gasteiger partial charge in [0.2, 0.25) is 0 Å². The van der Waals surface area contributed by atoms with Gasteiger partial charge < -0.3 is 15.4 Å². The third kappa shape index (κ3) is 4.16. The van der Waals surface area contributed by atoms with E-state index in [1.54, 1.807) is 0 Å². The van der Waals surface area contributed by atoms with Crippen LogP contribution in [0.1, 0.15) is 37.1 Å². The lowest BCUT2D eigenvalue weighted by Gasteiger charge is -2.40. The van der Waals surface area contributed by atoms with Crippen LogP contribution in [0.25, 0.3) is 11.0 Å². The molecule has 3 aromatic rings. The summed E-state index contributed by atoms with van der Waals surface area (Å²) < 4.78 is 5.65. The number of anilines is 1. The maximum absolute atomic E-state index is 5.65. The van der Waals surface area contributed by atoms with E-state index in [4.69, 9.17) is 14.7 Å². The summed E-state index contributed by atoms with van der Waals surface area (Å²) in [6, 6.07) is 18.9. The summed E-state index contributed by atoms with van der Waals surface area (Å²) in [7, 11) is 0. The highest BCUT2D eigenvalue weighted by Gasteiger charge is 2.34. The van der Waals surface area contributed by atoms with Gasteiger partial charge >= 0.3 is 0 Å². The Morgan fingerprint density at radius 1 is 0.964 bits per heavy atom. The van der Waals surface area contributed by atoms with Crippen molar-refractivity contribution in [3.8, 4) is 0 Å². The molecule has 0 radical (unpaired) electrons. The van der Waals surface area contributed by atoms with Gasteiger partial charge in [-0.3, -0.25) is 0 Å². The SMILES string of the molecule is Cc1nc2ccccc2nc1NCC1(NC(C)c2ccccc2)CCOCC1. The van der Waals surface area contributed by atoms with Crippen LogP contribution < -0.4 is 10.6 Å². The molecule has 0 spiro atoms. The van der Waals surface area contributed by atoms with Gasteiger partial charge in [0.25, 0.3) is 0 Å². The minimum atomic E-state index is -0.0345. The predicted molar refractivity (Wildman–Crippen MR) is 114 cm³/mol. The predicted octanol–water partition coefficient (Wildman–Crippen LogP) is 4.25. The van der Waals surface area contributed by atoms with E-state index in [9.17, 15) is 0 Å². The first-order chi connectivity index (χ1) is 13.7. The number of hydrogen-bond donors (Lipinski definition) is 2. The van der Waals surface area contributed by atoms with Gasteiger partial charge in [-0.15, -0.1) is 0 Å². The minimum Gasteiger partial charge on any atom is -0.381 e. The lowest BCUT2D eigenvalue weighted by molar-refractivity contribution is 0.0389. The molecule has 1 saturated heterocycles. The molecule has 1 unspecified atom stereocenters. The smallest absolute Gasteiger partial charge is 0.148 e. The van der Waals surface area contributed by atoms with E-state index in [0.29, 0.717) is 0 Å². The summed E-state index contributed by atoms with van der Waals surface area (Å²) in [5.74, 6) is 0.860. The quantitative estimate of drug-likeness (QED) is 0.673. The van der Waals surface area contributed by atoms with Gasteiger partial charge in [0.05, 0.1) is 16.7 Å². The number of nitrogens with zero attached hydrogens (tertiary/aromatic N) is 2. The van der Waals surface area contributed by atoms with Crippen LogP contribution in [0.4, 0.5) is 5.82 Å². The first kappa shape index (κ1) is 18.8. The number of benzene rings is 2. The molecule has 2 N–H and O–H groups in total. The molecule has 146 valence electrons. The molecule has 2 aromatic carbocycles. The van der Waals surface area contributed by atoms with Crippen molar-refractivity contribution in [2.24, 2.45) is 0 Å². The maximum atomic E-state index is 5.65. The molecule has 0 aliphatic carbocycles. The molecular weight excluding hydrogens is 348 g/mol. The molecule has 2 heterocycles. The molecule has 1 aliphatic heterocycles. The molecule has 0 bridgehead atoms. The standard InChI is InChI=1S/C23H28N4O/c1-17(19-8-4-3-5-9-19)27-23(12-14-28-15-13-23)16-24-22-18(2)25-20-10-6-7-11-21(20)26-22/h3-11,17,27H,12-16H2,1-2H3,(H,24,26). The van der Waals surface area contributed by atoms with Gasteiger partial charge in [-0.25, -0.2) is 9.97 Å². The highest BCUT2D eigenvalue weighted by atomic mass is 16.5. The molecule has 0 amide bonds.